The number of hydrogen-bond acceptors (Lipinski definition) is 2. The molecule has 0 spiro atoms. The minimum atomic E-state index is -0.548. The molecule has 0 radical (unpaired) electrons. The quantitative estimate of drug-likeness (QED) is 0.628. The fraction of sp³-hybridized carbons (Fsp3) is 1.00. The Morgan fingerprint density at radius 1 is 0.480 bits per heavy atom. The Bertz CT molecular complexity index is 406. The summed E-state index contributed by atoms with van der Waals surface area (Å²) < 4.78 is 0. The van der Waals surface area contributed by atoms with Crippen LogP contribution in [-0.2, 0) is 0 Å². The Hall–Kier alpha value is 0.686. The van der Waals surface area contributed by atoms with E-state index in [0.717, 1.165) is 23.7 Å². The van der Waals surface area contributed by atoms with Crippen LogP contribution in [0.1, 0.15) is 78.1 Å². The fourth-order valence-electron chi connectivity index (χ4n) is 8.24. The SMILES string of the molecule is CC1([O-])C2CC3CC(C2)CC1C3.CC1([O-])C2CC3CC(C2)CC1C3.[Mg+2]. The maximum Gasteiger partial charge on any atom is 2.00 e. The third-order valence-corrected chi connectivity index (χ3v) is 9.52. The van der Waals surface area contributed by atoms with Crippen LogP contribution in [-0.4, -0.2) is 34.3 Å². The zero-order valence-electron chi connectivity index (χ0n) is 16.2. The smallest absolute Gasteiger partial charge is 0.849 e. The molecule has 25 heavy (non-hydrogen) atoms. The Balaban J connectivity index is 0.000000121. The van der Waals surface area contributed by atoms with Crippen molar-refractivity contribution in [1.29, 1.82) is 0 Å². The molecule has 136 valence electrons. The van der Waals surface area contributed by atoms with Crippen LogP contribution in [0.15, 0.2) is 0 Å². The van der Waals surface area contributed by atoms with Crippen molar-refractivity contribution in [2.45, 2.75) is 89.3 Å². The molecule has 0 heterocycles. The van der Waals surface area contributed by atoms with E-state index in [1.54, 1.807) is 0 Å². The van der Waals surface area contributed by atoms with Gasteiger partial charge in [0.1, 0.15) is 0 Å². The van der Waals surface area contributed by atoms with E-state index in [0.29, 0.717) is 23.7 Å². The van der Waals surface area contributed by atoms with E-state index in [-0.39, 0.29) is 23.1 Å². The summed E-state index contributed by atoms with van der Waals surface area (Å²) in [5, 5.41) is 24.5. The number of rotatable bonds is 0. The third kappa shape index (κ3) is 3.04. The van der Waals surface area contributed by atoms with Crippen molar-refractivity contribution >= 4 is 23.1 Å². The summed E-state index contributed by atoms with van der Waals surface area (Å²) in [7, 11) is 0. The Kier molecular flexibility index (Phi) is 4.83. The van der Waals surface area contributed by atoms with Gasteiger partial charge in [-0.1, -0.05) is 37.5 Å². The largest absolute Gasteiger partial charge is 2.00 e. The van der Waals surface area contributed by atoms with Gasteiger partial charge in [0, 0.05) is 0 Å². The molecule has 0 aromatic rings. The number of hydrogen-bond donors (Lipinski definition) is 0. The average molecular weight is 355 g/mol. The summed E-state index contributed by atoms with van der Waals surface area (Å²) in [4.78, 5) is 0. The zero-order chi connectivity index (χ0) is 16.7. The second-order valence-corrected chi connectivity index (χ2v) is 11.0. The molecular weight excluding hydrogens is 321 g/mol. The molecule has 0 N–H and O–H groups in total. The maximum atomic E-state index is 12.2. The van der Waals surface area contributed by atoms with Gasteiger partial charge >= 0.3 is 23.1 Å². The predicted octanol–water partition coefficient (Wildman–Crippen LogP) is 2.74. The molecule has 8 aliphatic carbocycles. The normalized spacial score (nSPS) is 60.0. The van der Waals surface area contributed by atoms with Crippen LogP contribution in [0.3, 0.4) is 0 Å². The minimum Gasteiger partial charge on any atom is -0.849 e. The van der Waals surface area contributed by atoms with Crippen molar-refractivity contribution in [2.75, 3.05) is 0 Å². The summed E-state index contributed by atoms with van der Waals surface area (Å²) in [6.07, 6.45) is 13.0. The van der Waals surface area contributed by atoms with Crippen molar-refractivity contribution < 1.29 is 10.2 Å². The van der Waals surface area contributed by atoms with Crippen LogP contribution in [0.5, 0.6) is 0 Å². The summed E-state index contributed by atoms with van der Waals surface area (Å²) in [5.41, 5.74) is -1.10. The Labute approximate surface area is 169 Å². The van der Waals surface area contributed by atoms with Gasteiger partial charge in [0.05, 0.1) is 0 Å². The van der Waals surface area contributed by atoms with Crippen LogP contribution in [0.4, 0.5) is 0 Å². The standard InChI is InChI=1S/2C11H17O.Mg/c2*1-11(12)9-3-7-2-8(5-9)6-10(11)4-7;/h2*7-10H,2-6H2,1H3;/q2*-1;+2. The maximum absolute atomic E-state index is 12.2. The topological polar surface area (TPSA) is 46.1 Å². The molecule has 8 rings (SSSR count). The summed E-state index contributed by atoms with van der Waals surface area (Å²) in [5.74, 6) is 5.90. The summed E-state index contributed by atoms with van der Waals surface area (Å²) in [6.45, 7) is 3.94. The Morgan fingerprint density at radius 2 is 0.680 bits per heavy atom. The molecule has 8 bridgehead atoms. The van der Waals surface area contributed by atoms with Crippen molar-refractivity contribution in [3.63, 3.8) is 0 Å². The van der Waals surface area contributed by atoms with Gasteiger partial charge in [-0.2, -0.15) is 0 Å². The summed E-state index contributed by atoms with van der Waals surface area (Å²) >= 11 is 0. The van der Waals surface area contributed by atoms with Crippen LogP contribution in [0.2, 0.25) is 0 Å². The van der Waals surface area contributed by atoms with Gasteiger partial charge in [0.2, 0.25) is 0 Å². The minimum absolute atomic E-state index is 0. The van der Waals surface area contributed by atoms with E-state index in [1.165, 1.54) is 64.2 Å². The van der Waals surface area contributed by atoms with E-state index < -0.39 is 11.2 Å². The molecule has 8 aliphatic rings. The molecule has 0 saturated heterocycles. The van der Waals surface area contributed by atoms with Gasteiger partial charge < -0.3 is 10.2 Å². The first-order valence-electron chi connectivity index (χ1n) is 10.7. The fourth-order valence-corrected chi connectivity index (χ4v) is 8.24. The van der Waals surface area contributed by atoms with Gasteiger partial charge in [-0.15, -0.1) is 11.2 Å². The Morgan fingerprint density at radius 3 is 0.880 bits per heavy atom. The van der Waals surface area contributed by atoms with Crippen molar-refractivity contribution in [1.82, 2.24) is 0 Å². The van der Waals surface area contributed by atoms with Crippen molar-refractivity contribution in [3.05, 3.63) is 0 Å². The molecule has 0 aromatic carbocycles. The van der Waals surface area contributed by atoms with Gasteiger partial charge in [-0.05, 0) is 87.9 Å². The monoisotopic (exact) mass is 354 g/mol. The van der Waals surface area contributed by atoms with Gasteiger partial charge in [-0.25, -0.2) is 0 Å². The molecular formula is C22H34MgO2. The first-order valence-corrected chi connectivity index (χ1v) is 10.7. The predicted molar refractivity (Wildman–Crippen MR) is 96.7 cm³/mol. The van der Waals surface area contributed by atoms with E-state index in [2.05, 4.69) is 0 Å². The van der Waals surface area contributed by atoms with Gasteiger partial charge in [-0.3, -0.25) is 0 Å². The molecule has 0 aliphatic heterocycles. The van der Waals surface area contributed by atoms with E-state index in [9.17, 15) is 10.2 Å². The third-order valence-electron chi connectivity index (χ3n) is 9.52. The van der Waals surface area contributed by atoms with Crippen LogP contribution in [0, 0.1) is 47.3 Å². The zero-order valence-corrected chi connectivity index (χ0v) is 17.6. The second kappa shape index (κ2) is 6.35. The summed E-state index contributed by atoms with van der Waals surface area (Å²) in [6, 6.07) is 0. The first-order chi connectivity index (χ1) is 11.3. The van der Waals surface area contributed by atoms with Crippen LogP contribution >= 0.6 is 0 Å². The van der Waals surface area contributed by atoms with Crippen LogP contribution < -0.4 is 10.2 Å². The average Bonchev–Trinajstić information content (AvgIpc) is 2.50. The van der Waals surface area contributed by atoms with Crippen LogP contribution in [0.25, 0.3) is 0 Å². The molecule has 0 atom stereocenters. The molecule has 3 heteroatoms. The van der Waals surface area contributed by atoms with Crippen molar-refractivity contribution in [2.24, 2.45) is 47.3 Å². The molecule has 0 amide bonds. The molecule has 0 unspecified atom stereocenters. The second-order valence-electron chi connectivity index (χ2n) is 11.0. The van der Waals surface area contributed by atoms with Gasteiger partial charge in [0.15, 0.2) is 0 Å². The van der Waals surface area contributed by atoms with E-state index in [1.807, 2.05) is 13.8 Å². The molecule has 8 fully saturated rings. The van der Waals surface area contributed by atoms with Crippen molar-refractivity contribution in [3.8, 4) is 0 Å². The van der Waals surface area contributed by atoms with E-state index >= 15 is 0 Å². The molecule has 0 aromatic heterocycles. The molecule has 8 saturated carbocycles. The van der Waals surface area contributed by atoms with Gasteiger partial charge in [0.25, 0.3) is 0 Å². The molecule has 2 nitrogen and oxygen atoms in total. The first kappa shape index (κ1) is 19.0. The van der Waals surface area contributed by atoms with E-state index in [4.69, 9.17) is 0 Å².